The molecule has 5 nitrogen and oxygen atoms in total. The van der Waals surface area contributed by atoms with Gasteiger partial charge in [-0.05, 0) is 36.3 Å². The minimum atomic E-state index is 0.114. The van der Waals surface area contributed by atoms with Crippen molar-refractivity contribution in [3.8, 4) is 12.0 Å². The molecule has 6 heteroatoms. The molecule has 144 valence electrons. The largest absolute Gasteiger partial charge is 0.463 e. The quantitative estimate of drug-likeness (QED) is 0.418. The van der Waals surface area contributed by atoms with Gasteiger partial charge in [0.25, 0.3) is 0 Å². The Labute approximate surface area is 157 Å². The summed E-state index contributed by atoms with van der Waals surface area (Å²) in [5, 5.41) is 0.114. The van der Waals surface area contributed by atoms with Crippen LogP contribution >= 0.6 is 11.6 Å². The molecule has 0 aliphatic carbocycles. The smallest absolute Gasteiger partial charge is 0.323 e. The molecule has 0 saturated carbocycles. The van der Waals surface area contributed by atoms with E-state index in [2.05, 4.69) is 42.6 Å². The van der Waals surface area contributed by atoms with Crippen LogP contribution in [0.25, 0.3) is 0 Å². The Hall–Kier alpha value is -1.10. The van der Waals surface area contributed by atoms with E-state index >= 15 is 0 Å². The van der Waals surface area contributed by atoms with Crippen molar-refractivity contribution in [2.24, 2.45) is 11.8 Å². The average molecular weight is 372 g/mol. The fourth-order valence-electron chi connectivity index (χ4n) is 2.62. The van der Waals surface area contributed by atoms with E-state index in [0.717, 1.165) is 25.7 Å². The van der Waals surface area contributed by atoms with Crippen LogP contribution in [0.2, 0.25) is 5.28 Å². The molecule has 2 atom stereocenters. The maximum Gasteiger partial charge on any atom is 0.323 e. The summed E-state index contributed by atoms with van der Waals surface area (Å²) in [6.45, 7) is 9.97. The second-order valence-corrected chi connectivity index (χ2v) is 6.96. The lowest BCUT2D eigenvalue weighted by Gasteiger charge is -2.16. The van der Waals surface area contributed by atoms with Crippen molar-refractivity contribution in [3.63, 3.8) is 0 Å². The third-order valence-corrected chi connectivity index (χ3v) is 4.72. The van der Waals surface area contributed by atoms with Gasteiger partial charge in [-0.3, -0.25) is 0 Å². The van der Waals surface area contributed by atoms with Crippen molar-refractivity contribution >= 4 is 11.6 Å². The van der Waals surface area contributed by atoms with Gasteiger partial charge in [-0.15, -0.1) is 4.98 Å². The van der Waals surface area contributed by atoms with E-state index < -0.39 is 0 Å². The lowest BCUT2D eigenvalue weighted by Crippen LogP contribution is -2.15. The number of rotatable bonds is 14. The predicted octanol–water partition coefficient (Wildman–Crippen LogP) is 5.72. The highest BCUT2D eigenvalue weighted by atomic mass is 35.5. The molecular weight excluding hydrogens is 338 g/mol. The van der Waals surface area contributed by atoms with E-state index in [0.29, 0.717) is 25.0 Å². The van der Waals surface area contributed by atoms with Crippen LogP contribution in [0.4, 0.5) is 0 Å². The Balaban J connectivity index is 2.56. The zero-order chi connectivity index (χ0) is 18.5. The van der Waals surface area contributed by atoms with Crippen molar-refractivity contribution in [2.75, 3.05) is 13.2 Å². The minimum absolute atomic E-state index is 0.114. The molecular formula is C19H34ClN3O2. The number of nitrogens with zero attached hydrogens (tertiary/aromatic N) is 3. The number of unbranched alkanes of at least 4 members (excludes halogenated alkanes) is 2. The molecule has 0 amide bonds. The molecule has 25 heavy (non-hydrogen) atoms. The van der Waals surface area contributed by atoms with Crippen molar-refractivity contribution < 1.29 is 9.47 Å². The minimum Gasteiger partial charge on any atom is -0.463 e. The van der Waals surface area contributed by atoms with Gasteiger partial charge < -0.3 is 9.47 Å². The number of hydrogen-bond donors (Lipinski definition) is 0. The van der Waals surface area contributed by atoms with Crippen molar-refractivity contribution in [3.05, 3.63) is 5.28 Å². The van der Waals surface area contributed by atoms with E-state index in [-0.39, 0.29) is 17.3 Å². The summed E-state index contributed by atoms with van der Waals surface area (Å²) in [5.74, 6) is 1.02. The molecule has 0 radical (unpaired) electrons. The Kier molecular flexibility index (Phi) is 11.5. The standard InChI is InChI=1S/C19H34ClN3O2/c1-5-9-11-15(7-3)13-24-18-21-17(20)22-19(23-18)25-14-16(8-4)12-10-6-2/h15-16H,5-14H2,1-4H3. The molecule has 1 rings (SSSR count). The van der Waals surface area contributed by atoms with E-state index in [1.54, 1.807) is 0 Å². The number of halogens is 1. The summed E-state index contributed by atoms with van der Waals surface area (Å²) in [6, 6.07) is 0.512. The summed E-state index contributed by atoms with van der Waals surface area (Å²) >= 11 is 5.99. The fourth-order valence-corrected chi connectivity index (χ4v) is 2.77. The molecule has 0 aromatic carbocycles. The Morgan fingerprint density at radius 1 is 0.760 bits per heavy atom. The summed E-state index contributed by atoms with van der Waals surface area (Å²) in [4.78, 5) is 12.4. The molecule has 1 aromatic rings. The predicted molar refractivity (Wildman–Crippen MR) is 102 cm³/mol. The molecule has 0 spiro atoms. The zero-order valence-electron chi connectivity index (χ0n) is 16.3. The molecule has 0 bridgehead atoms. The second-order valence-electron chi connectivity index (χ2n) is 6.62. The highest BCUT2D eigenvalue weighted by Gasteiger charge is 2.13. The monoisotopic (exact) mass is 371 g/mol. The fraction of sp³-hybridized carbons (Fsp3) is 0.842. The number of hydrogen-bond acceptors (Lipinski definition) is 5. The van der Waals surface area contributed by atoms with Gasteiger partial charge >= 0.3 is 12.0 Å². The first-order valence-electron chi connectivity index (χ1n) is 9.79. The van der Waals surface area contributed by atoms with Crippen LogP contribution in [0.3, 0.4) is 0 Å². The van der Waals surface area contributed by atoms with Crippen LogP contribution in [0.15, 0.2) is 0 Å². The summed E-state index contributed by atoms with van der Waals surface area (Å²) in [7, 11) is 0. The summed E-state index contributed by atoms with van der Waals surface area (Å²) in [5.41, 5.74) is 0. The summed E-state index contributed by atoms with van der Waals surface area (Å²) < 4.78 is 11.5. The van der Waals surface area contributed by atoms with Crippen LogP contribution in [0.5, 0.6) is 12.0 Å². The van der Waals surface area contributed by atoms with Gasteiger partial charge in [-0.25, -0.2) is 0 Å². The van der Waals surface area contributed by atoms with Gasteiger partial charge in [-0.1, -0.05) is 66.2 Å². The van der Waals surface area contributed by atoms with Gasteiger partial charge in [0.2, 0.25) is 5.28 Å². The zero-order valence-corrected chi connectivity index (χ0v) is 17.0. The topological polar surface area (TPSA) is 57.1 Å². The van der Waals surface area contributed by atoms with Crippen molar-refractivity contribution in [2.45, 2.75) is 79.1 Å². The average Bonchev–Trinajstić information content (AvgIpc) is 2.61. The van der Waals surface area contributed by atoms with Crippen LogP contribution < -0.4 is 9.47 Å². The van der Waals surface area contributed by atoms with E-state index in [1.807, 2.05) is 0 Å². The molecule has 0 saturated heterocycles. The SMILES string of the molecule is CCCCC(CC)COc1nc(Cl)nc(OCC(CC)CCCC)n1. The van der Waals surface area contributed by atoms with E-state index in [1.165, 1.54) is 25.7 Å². The maximum absolute atomic E-state index is 5.99. The second kappa shape index (κ2) is 13.2. The van der Waals surface area contributed by atoms with Crippen LogP contribution in [0, 0.1) is 11.8 Å². The first-order chi connectivity index (χ1) is 12.1. The molecule has 1 heterocycles. The summed E-state index contributed by atoms with van der Waals surface area (Å²) in [6.07, 6.45) is 9.30. The molecule has 0 aliphatic rings. The first kappa shape index (κ1) is 21.9. The molecule has 1 aromatic heterocycles. The third-order valence-electron chi connectivity index (χ3n) is 4.55. The molecule has 0 fully saturated rings. The van der Waals surface area contributed by atoms with Crippen LogP contribution in [-0.4, -0.2) is 28.2 Å². The number of ether oxygens (including phenoxy) is 2. The Morgan fingerprint density at radius 2 is 1.20 bits per heavy atom. The highest BCUT2D eigenvalue weighted by Crippen LogP contribution is 2.19. The van der Waals surface area contributed by atoms with Gasteiger partial charge in [0.1, 0.15) is 0 Å². The van der Waals surface area contributed by atoms with E-state index in [9.17, 15) is 0 Å². The highest BCUT2D eigenvalue weighted by molar-refractivity contribution is 6.28. The Bertz CT molecular complexity index is 436. The maximum atomic E-state index is 5.99. The molecule has 0 aliphatic heterocycles. The van der Waals surface area contributed by atoms with Crippen molar-refractivity contribution in [1.29, 1.82) is 0 Å². The van der Waals surface area contributed by atoms with E-state index in [4.69, 9.17) is 21.1 Å². The third kappa shape index (κ3) is 9.24. The van der Waals surface area contributed by atoms with Crippen LogP contribution in [-0.2, 0) is 0 Å². The van der Waals surface area contributed by atoms with Crippen LogP contribution in [0.1, 0.15) is 79.1 Å². The van der Waals surface area contributed by atoms with Gasteiger partial charge in [0, 0.05) is 0 Å². The van der Waals surface area contributed by atoms with Gasteiger partial charge in [-0.2, -0.15) is 9.97 Å². The molecule has 2 unspecified atom stereocenters. The Morgan fingerprint density at radius 3 is 1.56 bits per heavy atom. The number of aromatic nitrogens is 3. The lowest BCUT2D eigenvalue weighted by molar-refractivity contribution is 0.197. The lowest BCUT2D eigenvalue weighted by atomic mass is 10.0. The molecule has 0 N–H and O–H groups in total. The normalized spacial score (nSPS) is 13.5. The first-order valence-corrected chi connectivity index (χ1v) is 10.2. The van der Waals surface area contributed by atoms with Gasteiger partial charge in [0.15, 0.2) is 0 Å². The van der Waals surface area contributed by atoms with Crippen molar-refractivity contribution in [1.82, 2.24) is 15.0 Å². The van der Waals surface area contributed by atoms with Gasteiger partial charge in [0.05, 0.1) is 13.2 Å².